The van der Waals surface area contributed by atoms with Gasteiger partial charge >= 0.3 is 0 Å². The molecule has 1 amide bonds. The Hall–Kier alpha value is -1.12. The minimum absolute atomic E-state index is 0.115. The zero-order valence-electron chi connectivity index (χ0n) is 6.39. The molecule has 56 valence electrons. The summed E-state index contributed by atoms with van der Waals surface area (Å²) in [5, 5.41) is 0. The maximum absolute atomic E-state index is 10.6. The number of primary amides is 1. The number of ketones is 1. The fourth-order valence-corrected chi connectivity index (χ4v) is 0.449. The monoisotopic (exact) mass is 141 g/mol. The zero-order valence-corrected chi connectivity index (χ0v) is 6.39. The van der Waals surface area contributed by atoms with Gasteiger partial charge in [-0.25, -0.2) is 0 Å². The van der Waals surface area contributed by atoms with Crippen LogP contribution in [0.1, 0.15) is 20.8 Å². The minimum Gasteiger partial charge on any atom is -0.366 e. The average molecular weight is 141 g/mol. The van der Waals surface area contributed by atoms with Crippen molar-refractivity contribution in [2.45, 2.75) is 20.8 Å². The predicted octanol–water partition coefficient (Wildman–Crippen LogP) is 0.397. The third-order valence-electron chi connectivity index (χ3n) is 1.46. The quantitative estimate of drug-likeness (QED) is 0.566. The topological polar surface area (TPSA) is 60.2 Å². The fourth-order valence-electron chi connectivity index (χ4n) is 0.449. The molecule has 0 heterocycles. The van der Waals surface area contributed by atoms with Crippen molar-refractivity contribution in [2.75, 3.05) is 0 Å². The lowest BCUT2D eigenvalue weighted by Crippen LogP contribution is -2.14. The van der Waals surface area contributed by atoms with E-state index in [1.807, 2.05) is 0 Å². The number of hydrogen-bond donors (Lipinski definition) is 1. The van der Waals surface area contributed by atoms with E-state index in [-0.39, 0.29) is 5.78 Å². The van der Waals surface area contributed by atoms with Gasteiger partial charge in [0.05, 0.1) is 0 Å². The Balaban J connectivity index is 4.67. The van der Waals surface area contributed by atoms with E-state index in [1.165, 1.54) is 6.92 Å². The Morgan fingerprint density at radius 3 is 1.50 bits per heavy atom. The molecular weight excluding hydrogens is 130 g/mol. The summed E-state index contributed by atoms with van der Waals surface area (Å²) in [6.45, 7) is 4.53. The molecule has 0 saturated carbocycles. The van der Waals surface area contributed by atoms with Gasteiger partial charge in [0.2, 0.25) is 5.91 Å². The summed E-state index contributed by atoms with van der Waals surface area (Å²) >= 11 is 0. The van der Waals surface area contributed by atoms with Crippen LogP contribution in [-0.4, -0.2) is 11.7 Å². The van der Waals surface area contributed by atoms with Gasteiger partial charge in [-0.05, 0) is 20.8 Å². The summed E-state index contributed by atoms with van der Waals surface area (Å²) in [7, 11) is 0. The van der Waals surface area contributed by atoms with Crippen LogP contribution in [0.15, 0.2) is 11.1 Å². The number of hydrogen-bond acceptors (Lipinski definition) is 2. The largest absolute Gasteiger partial charge is 0.366 e. The highest BCUT2D eigenvalue weighted by atomic mass is 16.1. The Kier molecular flexibility index (Phi) is 2.80. The van der Waals surface area contributed by atoms with E-state index in [1.54, 1.807) is 13.8 Å². The molecule has 0 aromatic rings. The van der Waals surface area contributed by atoms with Crippen LogP contribution >= 0.6 is 0 Å². The number of carbonyl (C=O) groups excluding carboxylic acids is 2. The van der Waals surface area contributed by atoms with Gasteiger partial charge in [-0.1, -0.05) is 0 Å². The lowest BCUT2D eigenvalue weighted by Gasteiger charge is -1.97. The number of rotatable bonds is 2. The molecule has 0 bridgehead atoms. The SMILES string of the molecule is CC(=O)C(C)=C(C)C(N)=O. The van der Waals surface area contributed by atoms with Crippen LogP contribution in [0.2, 0.25) is 0 Å². The van der Waals surface area contributed by atoms with Crippen LogP contribution in [0.5, 0.6) is 0 Å². The van der Waals surface area contributed by atoms with Crippen molar-refractivity contribution in [2.24, 2.45) is 5.73 Å². The molecule has 0 fully saturated rings. The Bertz CT molecular complexity index is 182. The summed E-state index contributed by atoms with van der Waals surface area (Å²) in [5.74, 6) is -0.649. The molecule has 0 aliphatic rings. The summed E-state index contributed by atoms with van der Waals surface area (Å²) in [5.41, 5.74) is 5.70. The molecule has 3 nitrogen and oxygen atoms in total. The lowest BCUT2D eigenvalue weighted by molar-refractivity contribution is -0.116. The van der Waals surface area contributed by atoms with Crippen LogP contribution in [0.25, 0.3) is 0 Å². The number of Topliss-reactive ketones (excluding diaryl/α,β-unsaturated/α-hetero) is 1. The van der Waals surface area contributed by atoms with Gasteiger partial charge in [-0.2, -0.15) is 0 Å². The molecule has 10 heavy (non-hydrogen) atoms. The lowest BCUT2D eigenvalue weighted by atomic mass is 10.1. The van der Waals surface area contributed by atoms with E-state index in [2.05, 4.69) is 0 Å². The van der Waals surface area contributed by atoms with Crippen LogP contribution < -0.4 is 5.73 Å². The van der Waals surface area contributed by atoms with E-state index in [0.29, 0.717) is 11.1 Å². The first-order chi connectivity index (χ1) is 4.46. The van der Waals surface area contributed by atoms with Crippen molar-refractivity contribution in [1.82, 2.24) is 0 Å². The van der Waals surface area contributed by atoms with Crippen molar-refractivity contribution in [3.8, 4) is 0 Å². The molecule has 3 heteroatoms. The second-order valence-corrected chi connectivity index (χ2v) is 2.17. The van der Waals surface area contributed by atoms with Gasteiger partial charge < -0.3 is 5.73 Å². The third-order valence-corrected chi connectivity index (χ3v) is 1.46. The van der Waals surface area contributed by atoms with E-state index in [4.69, 9.17) is 5.73 Å². The van der Waals surface area contributed by atoms with Crippen LogP contribution in [0.3, 0.4) is 0 Å². The molecule has 0 unspecified atom stereocenters. The van der Waals surface area contributed by atoms with Gasteiger partial charge in [0.25, 0.3) is 0 Å². The Morgan fingerprint density at radius 1 is 1.00 bits per heavy atom. The molecule has 0 rings (SSSR count). The van der Waals surface area contributed by atoms with Crippen LogP contribution in [0.4, 0.5) is 0 Å². The van der Waals surface area contributed by atoms with Crippen LogP contribution in [0, 0.1) is 0 Å². The molecule has 0 atom stereocenters. The molecule has 2 N–H and O–H groups in total. The predicted molar refractivity (Wildman–Crippen MR) is 38.2 cm³/mol. The average Bonchev–Trinajstić information content (AvgIpc) is 1.84. The number of nitrogens with two attached hydrogens (primary N) is 1. The van der Waals surface area contributed by atoms with Crippen molar-refractivity contribution in [1.29, 1.82) is 0 Å². The number of allylic oxidation sites excluding steroid dienone is 1. The molecule has 0 spiro atoms. The van der Waals surface area contributed by atoms with Crippen molar-refractivity contribution in [3.63, 3.8) is 0 Å². The highest BCUT2D eigenvalue weighted by Gasteiger charge is 2.05. The second-order valence-electron chi connectivity index (χ2n) is 2.17. The normalized spacial score (nSPS) is 12.3. The van der Waals surface area contributed by atoms with Gasteiger partial charge in [0, 0.05) is 11.1 Å². The van der Waals surface area contributed by atoms with Crippen LogP contribution in [-0.2, 0) is 9.59 Å². The van der Waals surface area contributed by atoms with Gasteiger partial charge in [-0.3, -0.25) is 9.59 Å². The van der Waals surface area contributed by atoms with E-state index >= 15 is 0 Å². The summed E-state index contributed by atoms with van der Waals surface area (Å²) in [6, 6.07) is 0. The standard InChI is InChI=1S/C7H11NO2/c1-4(6(3)9)5(2)7(8)10/h1-3H3,(H2,8,10). The smallest absolute Gasteiger partial charge is 0.244 e. The van der Waals surface area contributed by atoms with E-state index in [9.17, 15) is 9.59 Å². The molecule has 0 aliphatic carbocycles. The van der Waals surface area contributed by atoms with Gasteiger partial charge in [-0.15, -0.1) is 0 Å². The summed E-state index contributed by atoms with van der Waals surface area (Å²) in [4.78, 5) is 21.1. The maximum atomic E-state index is 10.6. The minimum atomic E-state index is -0.535. The van der Waals surface area contributed by atoms with Crippen molar-refractivity contribution in [3.05, 3.63) is 11.1 Å². The fraction of sp³-hybridized carbons (Fsp3) is 0.429. The molecule has 0 aromatic carbocycles. The first kappa shape index (κ1) is 8.88. The van der Waals surface area contributed by atoms with Gasteiger partial charge in [0.15, 0.2) is 5.78 Å². The zero-order chi connectivity index (χ0) is 8.31. The van der Waals surface area contributed by atoms with E-state index in [0.717, 1.165) is 0 Å². The molecule has 0 radical (unpaired) electrons. The molecule has 0 saturated heterocycles. The summed E-state index contributed by atoms with van der Waals surface area (Å²) < 4.78 is 0. The number of carbonyl (C=O) groups is 2. The first-order valence-corrected chi connectivity index (χ1v) is 2.95. The highest BCUT2D eigenvalue weighted by Crippen LogP contribution is 2.02. The van der Waals surface area contributed by atoms with E-state index < -0.39 is 5.91 Å². The molecule has 0 aromatic heterocycles. The Morgan fingerprint density at radius 2 is 1.40 bits per heavy atom. The second kappa shape index (κ2) is 3.15. The Labute approximate surface area is 59.9 Å². The molecule has 0 aliphatic heterocycles. The maximum Gasteiger partial charge on any atom is 0.244 e. The molecular formula is C7H11NO2. The summed E-state index contributed by atoms with van der Waals surface area (Å²) in [6.07, 6.45) is 0. The number of amides is 1. The van der Waals surface area contributed by atoms with Gasteiger partial charge in [0.1, 0.15) is 0 Å². The first-order valence-electron chi connectivity index (χ1n) is 2.95. The van der Waals surface area contributed by atoms with Crippen molar-refractivity contribution < 1.29 is 9.59 Å². The van der Waals surface area contributed by atoms with Crippen molar-refractivity contribution >= 4 is 11.7 Å². The third kappa shape index (κ3) is 2.01. The highest BCUT2D eigenvalue weighted by molar-refractivity contribution is 6.03.